The number of thiocarbonyl (C=S) groups is 1. The van der Waals surface area contributed by atoms with Crippen LogP contribution in [0, 0.1) is 13.8 Å². The monoisotopic (exact) mass is 280 g/mol. The molecule has 0 aromatic carbocycles. The predicted molar refractivity (Wildman–Crippen MR) is 78.2 cm³/mol. The van der Waals surface area contributed by atoms with E-state index < -0.39 is 0 Å². The van der Waals surface area contributed by atoms with Crippen LogP contribution in [0.2, 0.25) is 0 Å². The summed E-state index contributed by atoms with van der Waals surface area (Å²) in [6, 6.07) is 1.97. The van der Waals surface area contributed by atoms with Gasteiger partial charge in [0.25, 0.3) is 0 Å². The molecule has 1 aromatic rings. The van der Waals surface area contributed by atoms with E-state index in [0.29, 0.717) is 6.42 Å². The third-order valence-corrected chi connectivity index (χ3v) is 3.24. The summed E-state index contributed by atoms with van der Waals surface area (Å²) in [6.07, 6.45) is 0.599. The number of hydrogen-bond donors (Lipinski definition) is 1. The van der Waals surface area contributed by atoms with E-state index in [2.05, 4.69) is 20.2 Å². The highest BCUT2D eigenvalue weighted by Gasteiger charge is 2.10. The fourth-order valence-electron chi connectivity index (χ4n) is 2.04. The van der Waals surface area contributed by atoms with Crippen molar-refractivity contribution in [3.05, 3.63) is 23.3 Å². The molecule has 5 nitrogen and oxygen atoms in total. The maximum absolute atomic E-state index is 5.34. The smallest absolute Gasteiger partial charge is 0.135 e. The fraction of sp³-hybridized carbons (Fsp3) is 0.615. The summed E-state index contributed by atoms with van der Waals surface area (Å²) >= 11 is 5.34. The minimum Gasteiger partial charge on any atom is -0.379 e. The number of ether oxygens (including phenoxy) is 1. The first-order valence-corrected chi connectivity index (χ1v) is 6.92. The minimum absolute atomic E-state index is 0.599. The lowest BCUT2D eigenvalue weighted by Crippen LogP contribution is -2.43. The highest BCUT2D eigenvalue weighted by molar-refractivity contribution is 7.80. The van der Waals surface area contributed by atoms with Crippen LogP contribution >= 0.6 is 12.2 Å². The molecular weight excluding hydrogens is 260 g/mol. The van der Waals surface area contributed by atoms with Crippen LogP contribution < -0.4 is 5.32 Å². The Morgan fingerprint density at radius 1 is 1.32 bits per heavy atom. The van der Waals surface area contributed by atoms with Crippen LogP contribution in [-0.2, 0) is 11.2 Å². The number of rotatable bonds is 4. The molecular formula is C13H20N4OS. The number of aryl methyl sites for hydroxylation is 2. The van der Waals surface area contributed by atoms with Crippen molar-refractivity contribution in [2.45, 2.75) is 20.3 Å². The lowest BCUT2D eigenvalue weighted by atomic mass is 10.3. The van der Waals surface area contributed by atoms with Crippen LogP contribution in [-0.4, -0.2) is 52.8 Å². The van der Waals surface area contributed by atoms with Crippen molar-refractivity contribution >= 4 is 17.2 Å². The van der Waals surface area contributed by atoms with Crippen molar-refractivity contribution in [1.29, 1.82) is 0 Å². The minimum atomic E-state index is 0.599. The normalized spacial score (nSPS) is 16.3. The van der Waals surface area contributed by atoms with E-state index in [1.807, 2.05) is 19.9 Å². The molecule has 1 N–H and O–H groups in total. The molecule has 104 valence electrons. The molecule has 1 aliphatic rings. The Bertz CT molecular complexity index is 426. The Hall–Kier alpha value is -1.11. The Morgan fingerprint density at radius 3 is 2.58 bits per heavy atom. The summed E-state index contributed by atoms with van der Waals surface area (Å²) in [7, 11) is 0. The first kappa shape index (κ1) is 14.3. The number of aromatic nitrogens is 2. The molecule has 0 radical (unpaired) electrons. The molecule has 1 aromatic heterocycles. The Balaban J connectivity index is 1.80. The molecule has 0 aliphatic carbocycles. The lowest BCUT2D eigenvalue weighted by Gasteiger charge is -2.27. The zero-order valence-electron chi connectivity index (χ0n) is 11.5. The van der Waals surface area contributed by atoms with Crippen molar-refractivity contribution in [1.82, 2.24) is 20.2 Å². The number of hydrogen-bond acceptors (Lipinski definition) is 5. The highest BCUT2D eigenvalue weighted by Crippen LogP contribution is 2.01. The molecule has 0 saturated carbocycles. The van der Waals surface area contributed by atoms with Crippen molar-refractivity contribution in [3.8, 4) is 0 Å². The third kappa shape index (κ3) is 4.81. The Labute approximate surface area is 119 Å². The van der Waals surface area contributed by atoms with Crippen molar-refractivity contribution < 1.29 is 4.74 Å². The van der Waals surface area contributed by atoms with Crippen LogP contribution in [0.15, 0.2) is 6.07 Å². The topological polar surface area (TPSA) is 50.3 Å². The summed E-state index contributed by atoms with van der Waals surface area (Å²) in [5.74, 6) is 0.789. The maximum Gasteiger partial charge on any atom is 0.135 e. The standard InChI is InChI=1S/C13H20N4OS/c1-10-7-11(2)16-12(15-10)8-13(19)14-9-17-3-5-18-6-4-17/h7H,3-6,8-9H2,1-2H3,(H,14,19). The maximum atomic E-state index is 5.34. The molecule has 0 bridgehead atoms. The second-order valence-corrected chi connectivity index (χ2v) is 5.22. The van der Waals surface area contributed by atoms with Gasteiger partial charge in [-0.05, 0) is 19.9 Å². The largest absolute Gasteiger partial charge is 0.379 e. The van der Waals surface area contributed by atoms with Crippen molar-refractivity contribution in [2.75, 3.05) is 33.0 Å². The van der Waals surface area contributed by atoms with E-state index in [1.165, 1.54) is 0 Å². The van der Waals surface area contributed by atoms with E-state index in [1.54, 1.807) is 0 Å². The van der Waals surface area contributed by atoms with Gasteiger partial charge in [-0.3, -0.25) is 4.90 Å². The van der Waals surface area contributed by atoms with Gasteiger partial charge < -0.3 is 10.1 Å². The van der Waals surface area contributed by atoms with E-state index in [0.717, 1.165) is 55.2 Å². The molecule has 1 aliphatic heterocycles. The molecule has 0 atom stereocenters. The Morgan fingerprint density at radius 2 is 1.95 bits per heavy atom. The summed E-state index contributed by atoms with van der Waals surface area (Å²) < 4.78 is 5.31. The third-order valence-electron chi connectivity index (χ3n) is 2.95. The van der Waals surface area contributed by atoms with Crippen LogP contribution in [0.1, 0.15) is 17.2 Å². The number of nitrogens with one attached hydrogen (secondary N) is 1. The number of nitrogens with zero attached hydrogens (tertiary/aromatic N) is 3. The second kappa shape index (κ2) is 6.88. The first-order valence-electron chi connectivity index (χ1n) is 6.51. The summed E-state index contributed by atoms with van der Waals surface area (Å²) in [4.78, 5) is 11.9. The average Bonchev–Trinajstić information content (AvgIpc) is 2.36. The Kier molecular flexibility index (Phi) is 5.18. The van der Waals surface area contributed by atoms with Gasteiger partial charge in [0.1, 0.15) is 5.82 Å². The molecule has 0 amide bonds. The van der Waals surface area contributed by atoms with Crippen molar-refractivity contribution in [2.24, 2.45) is 0 Å². The molecule has 2 rings (SSSR count). The molecule has 1 fully saturated rings. The van der Waals surface area contributed by atoms with Gasteiger partial charge in [0.15, 0.2) is 0 Å². The molecule has 0 spiro atoms. The highest BCUT2D eigenvalue weighted by atomic mass is 32.1. The summed E-state index contributed by atoms with van der Waals surface area (Å²) in [6.45, 7) is 8.23. The number of morpholine rings is 1. The van der Waals surface area contributed by atoms with Crippen LogP contribution in [0.4, 0.5) is 0 Å². The van der Waals surface area contributed by atoms with Gasteiger partial charge in [-0.1, -0.05) is 12.2 Å². The SMILES string of the molecule is Cc1cc(C)nc(CC(=S)NCN2CCOCC2)n1. The summed E-state index contributed by atoms with van der Waals surface area (Å²) in [5.41, 5.74) is 1.97. The second-order valence-electron chi connectivity index (χ2n) is 4.73. The van der Waals surface area contributed by atoms with Gasteiger partial charge in [-0.2, -0.15) is 0 Å². The zero-order valence-corrected chi connectivity index (χ0v) is 12.3. The van der Waals surface area contributed by atoms with E-state index in [4.69, 9.17) is 17.0 Å². The molecule has 19 heavy (non-hydrogen) atoms. The average molecular weight is 280 g/mol. The van der Waals surface area contributed by atoms with Gasteiger partial charge in [0.05, 0.1) is 31.3 Å². The van der Waals surface area contributed by atoms with Crippen LogP contribution in [0.25, 0.3) is 0 Å². The lowest BCUT2D eigenvalue weighted by molar-refractivity contribution is 0.0367. The van der Waals surface area contributed by atoms with Crippen LogP contribution in [0.5, 0.6) is 0 Å². The van der Waals surface area contributed by atoms with Gasteiger partial charge >= 0.3 is 0 Å². The van der Waals surface area contributed by atoms with Gasteiger partial charge in [-0.25, -0.2) is 9.97 Å². The quantitative estimate of drug-likeness (QED) is 0.825. The molecule has 1 saturated heterocycles. The van der Waals surface area contributed by atoms with E-state index in [-0.39, 0.29) is 0 Å². The summed E-state index contributed by atoms with van der Waals surface area (Å²) in [5, 5.41) is 3.26. The molecule has 6 heteroatoms. The van der Waals surface area contributed by atoms with E-state index >= 15 is 0 Å². The van der Waals surface area contributed by atoms with Gasteiger partial charge in [0, 0.05) is 24.5 Å². The zero-order chi connectivity index (χ0) is 13.7. The van der Waals surface area contributed by atoms with Crippen LogP contribution in [0.3, 0.4) is 0 Å². The van der Waals surface area contributed by atoms with Crippen molar-refractivity contribution in [3.63, 3.8) is 0 Å². The molecule has 2 heterocycles. The predicted octanol–water partition coefficient (Wildman–Crippen LogP) is 0.843. The van der Waals surface area contributed by atoms with E-state index in [9.17, 15) is 0 Å². The fourth-order valence-corrected chi connectivity index (χ4v) is 2.24. The van der Waals surface area contributed by atoms with Gasteiger partial charge in [0.2, 0.25) is 0 Å². The molecule has 0 unspecified atom stereocenters. The van der Waals surface area contributed by atoms with Gasteiger partial charge in [-0.15, -0.1) is 0 Å². The first-order chi connectivity index (χ1) is 9.13.